The van der Waals surface area contributed by atoms with Crippen molar-refractivity contribution in [3.05, 3.63) is 75.2 Å². The van der Waals surface area contributed by atoms with Crippen molar-refractivity contribution in [1.29, 1.82) is 0 Å². The maximum Gasteiger partial charge on any atom is 0.293 e. The second-order valence-electron chi connectivity index (χ2n) is 5.75. The number of rotatable bonds is 5. The molecule has 0 aliphatic carbocycles. The van der Waals surface area contributed by atoms with Crippen molar-refractivity contribution in [1.82, 2.24) is 10.2 Å². The molecule has 2 aromatic carbocycles. The van der Waals surface area contributed by atoms with Crippen LogP contribution in [0.3, 0.4) is 0 Å². The first-order chi connectivity index (χ1) is 13.4. The Bertz CT molecular complexity index is 983. The van der Waals surface area contributed by atoms with Gasteiger partial charge in [0.1, 0.15) is 0 Å². The standard InChI is InChI=1S/C19H13ClF2N2O3S/c20-13-10-15(22)14(21)9-12(13)17(25)23-6-7-24-18(26)16(28-19(24)27)8-11-4-2-1-3-5-11/h1-5,8-10H,6-7H2,(H,23,25)/b16-8-. The van der Waals surface area contributed by atoms with Gasteiger partial charge in [-0.3, -0.25) is 19.3 Å². The summed E-state index contributed by atoms with van der Waals surface area (Å²) in [6.07, 6.45) is 1.62. The lowest BCUT2D eigenvalue weighted by Crippen LogP contribution is -2.37. The second-order valence-corrected chi connectivity index (χ2v) is 7.15. The molecule has 28 heavy (non-hydrogen) atoms. The molecule has 0 saturated carbocycles. The van der Waals surface area contributed by atoms with E-state index < -0.39 is 28.7 Å². The molecule has 0 atom stereocenters. The third-order valence-electron chi connectivity index (χ3n) is 3.85. The van der Waals surface area contributed by atoms with Gasteiger partial charge >= 0.3 is 0 Å². The van der Waals surface area contributed by atoms with E-state index in [4.69, 9.17) is 11.6 Å². The summed E-state index contributed by atoms with van der Waals surface area (Å²) in [5.74, 6) is -3.56. The quantitative estimate of drug-likeness (QED) is 0.582. The molecule has 0 unspecified atom stereocenters. The monoisotopic (exact) mass is 422 g/mol. The summed E-state index contributed by atoms with van der Waals surface area (Å²) < 4.78 is 26.4. The van der Waals surface area contributed by atoms with Crippen LogP contribution in [0.25, 0.3) is 6.08 Å². The maximum absolute atomic E-state index is 13.3. The molecule has 144 valence electrons. The minimum atomic E-state index is -1.20. The third-order valence-corrected chi connectivity index (χ3v) is 5.07. The van der Waals surface area contributed by atoms with E-state index in [0.717, 1.165) is 22.2 Å². The predicted octanol–water partition coefficient (Wildman–Crippen LogP) is 4.08. The molecule has 0 bridgehead atoms. The van der Waals surface area contributed by atoms with Gasteiger partial charge in [-0.2, -0.15) is 0 Å². The minimum Gasteiger partial charge on any atom is -0.350 e. The predicted molar refractivity (Wildman–Crippen MR) is 103 cm³/mol. The van der Waals surface area contributed by atoms with Gasteiger partial charge in [0, 0.05) is 13.1 Å². The van der Waals surface area contributed by atoms with E-state index in [1.54, 1.807) is 18.2 Å². The Balaban J connectivity index is 1.61. The van der Waals surface area contributed by atoms with Crippen LogP contribution in [0, 0.1) is 11.6 Å². The fraction of sp³-hybridized carbons (Fsp3) is 0.105. The molecule has 0 aromatic heterocycles. The number of carbonyl (C=O) groups is 3. The van der Waals surface area contributed by atoms with E-state index >= 15 is 0 Å². The molecule has 1 aliphatic heterocycles. The minimum absolute atomic E-state index is 0.0647. The zero-order valence-electron chi connectivity index (χ0n) is 14.2. The second kappa shape index (κ2) is 8.53. The van der Waals surface area contributed by atoms with E-state index in [2.05, 4.69) is 5.32 Å². The Morgan fingerprint density at radius 1 is 1.14 bits per heavy atom. The summed E-state index contributed by atoms with van der Waals surface area (Å²) in [6.45, 7) is -0.130. The van der Waals surface area contributed by atoms with E-state index in [0.29, 0.717) is 12.1 Å². The summed E-state index contributed by atoms with van der Waals surface area (Å²) in [5.41, 5.74) is 0.549. The summed E-state index contributed by atoms with van der Waals surface area (Å²) in [4.78, 5) is 37.8. The molecule has 0 radical (unpaired) electrons. The highest BCUT2D eigenvalue weighted by Gasteiger charge is 2.34. The first kappa shape index (κ1) is 20.0. The highest BCUT2D eigenvalue weighted by molar-refractivity contribution is 8.18. The van der Waals surface area contributed by atoms with Crippen LogP contribution >= 0.6 is 23.4 Å². The molecule has 2 aromatic rings. The molecular weight excluding hydrogens is 410 g/mol. The smallest absolute Gasteiger partial charge is 0.293 e. The molecule has 1 fully saturated rings. The van der Waals surface area contributed by atoms with Crippen LogP contribution in [0.1, 0.15) is 15.9 Å². The van der Waals surface area contributed by atoms with Gasteiger partial charge < -0.3 is 5.32 Å². The van der Waals surface area contributed by atoms with E-state index in [9.17, 15) is 23.2 Å². The SMILES string of the molecule is O=C(NCCN1C(=O)S/C(=C\c2ccccc2)C1=O)c1cc(F)c(F)cc1Cl. The van der Waals surface area contributed by atoms with Crippen molar-refractivity contribution in [2.24, 2.45) is 0 Å². The lowest BCUT2D eigenvalue weighted by atomic mass is 10.2. The first-order valence-electron chi connectivity index (χ1n) is 8.10. The Hall–Kier alpha value is -2.71. The summed E-state index contributed by atoms with van der Waals surface area (Å²) in [5, 5.41) is 1.74. The van der Waals surface area contributed by atoms with Gasteiger partial charge in [-0.15, -0.1) is 0 Å². The number of benzene rings is 2. The summed E-state index contributed by atoms with van der Waals surface area (Å²) >= 11 is 6.56. The fourth-order valence-corrected chi connectivity index (χ4v) is 3.57. The number of halogens is 3. The lowest BCUT2D eigenvalue weighted by Gasteiger charge is -2.13. The summed E-state index contributed by atoms with van der Waals surface area (Å²) in [6, 6.07) is 10.5. The third kappa shape index (κ3) is 4.40. The van der Waals surface area contributed by atoms with Crippen LogP contribution < -0.4 is 5.32 Å². The number of hydrogen-bond acceptors (Lipinski definition) is 4. The van der Waals surface area contributed by atoms with Crippen molar-refractivity contribution >= 4 is 46.5 Å². The number of carbonyl (C=O) groups excluding carboxylic acids is 3. The lowest BCUT2D eigenvalue weighted by molar-refractivity contribution is -0.122. The van der Waals surface area contributed by atoms with Gasteiger partial charge in [-0.1, -0.05) is 41.9 Å². The van der Waals surface area contributed by atoms with Crippen molar-refractivity contribution in [3.63, 3.8) is 0 Å². The molecule has 5 nitrogen and oxygen atoms in total. The maximum atomic E-state index is 13.3. The Morgan fingerprint density at radius 2 is 1.82 bits per heavy atom. The number of hydrogen-bond donors (Lipinski definition) is 1. The summed E-state index contributed by atoms with van der Waals surface area (Å²) in [7, 11) is 0. The van der Waals surface area contributed by atoms with Gasteiger partial charge in [-0.05, 0) is 35.5 Å². The molecule has 1 N–H and O–H groups in total. The van der Waals surface area contributed by atoms with Crippen molar-refractivity contribution in [2.75, 3.05) is 13.1 Å². The Morgan fingerprint density at radius 3 is 2.54 bits per heavy atom. The molecule has 3 amide bonds. The zero-order valence-corrected chi connectivity index (χ0v) is 15.8. The van der Waals surface area contributed by atoms with Crippen molar-refractivity contribution < 1.29 is 23.2 Å². The number of nitrogens with zero attached hydrogens (tertiary/aromatic N) is 1. The van der Waals surface area contributed by atoms with E-state index in [1.807, 2.05) is 18.2 Å². The molecule has 1 saturated heterocycles. The van der Waals surface area contributed by atoms with Gasteiger partial charge in [0.25, 0.3) is 17.1 Å². The van der Waals surface area contributed by atoms with Gasteiger partial charge in [0.15, 0.2) is 11.6 Å². The van der Waals surface area contributed by atoms with E-state index in [-0.39, 0.29) is 28.6 Å². The highest BCUT2D eigenvalue weighted by Crippen LogP contribution is 2.31. The van der Waals surface area contributed by atoms with Gasteiger partial charge in [-0.25, -0.2) is 8.78 Å². The highest BCUT2D eigenvalue weighted by atomic mass is 35.5. The van der Waals surface area contributed by atoms with Crippen molar-refractivity contribution in [2.45, 2.75) is 0 Å². The normalized spacial score (nSPS) is 15.4. The number of thioether (sulfide) groups is 1. The van der Waals surface area contributed by atoms with Crippen LogP contribution in [0.4, 0.5) is 13.6 Å². The largest absolute Gasteiger partial charge is 0.350 e. The van der Waals surface area contributed by atoms with Gasteiger partial charge in [0.05, 0.1) is 15.5 Å². The molecule has 1 heterocycles. The van der Waals surface area contributed by atoms with Crippen LogP contribution in [-0.4, -0.2) is 35.0 Å². The van der Waals surface area contributed by atoms with Gasteiger partial charge in [0.2, 0.25) is 0 Å². The first-order valence-corrected chi connectivity index (χ1v) is 9.29. The number of amides is 3. The molecule has 0 spiro atoms. The Kier molecular flexibility index (Phi) is 6.11. The average Bonchev–Trinajstić information content (AvgIpc) is 2.92. The van der Waals surface area contributed by atoms with Crippen LogP contribution in [-0.2, 0) is 4.79 Å². The average molecular weight is 423 g/mol. The molecule has 1 aliphatic rings. The topological polar surface area (TPSA) is 66.5 Å². The van der Waals surface area contributed by atoms with Crippen LogP contribution in [0.15, 0.2) is 47.4 Å². The fourth-order valence-electron chi connectivity index (χ4n) is 2.47. The molecule has 3 rings (SSSR count). The molecular formula is C19H13ClF2N2O3S. The number of nitrogens with one attached hydrogen (secondary N) is 1. The Labute approximate surface area is 168 Å². The van der Waals surface area contributed by atoms with Crippen molar-refractivity contribution in [3.8, 4) is 0 Å². The van der Waals surface area contributed by atoms with Crippen LogP contribution in [0.5, 0.6) is 0 Å². The zero-order chi connectivity index (χ0) is 20.3. The van der Waals surface area contributed by atoms with E-state index in [1.165, 1.54) is 0 Å². The van der Waals surface area contributed by atoms with Crippen LogP contribution in [0.2, 0.25) is 5.02 Å². The molecule has 9 heteroatoms. The number of imide groups is 1.